The molecule has 31 heavy (non-hydrogen) atoms. The number of likely N-dealkylation sites (tertiary alicyclic amines) is 1. The van der Waals surface area contributed by atoms with E-state index in [4.69, 9.17) is 9.47 Å². The van der Waals surface area contributed by atoms with Gasteiger partial charge in [-0.1, -0.05) is 0 Å². The van der Waals surface area contributed by atoms with Crippen LogP contribution in [0.3, 0.4) is 0 Å². The van der Waals surface area contributed by atoms with Gasteiger partial charge in [0.2, 0.25) is 5.91 Å². The van der Waals surface area contributed by atoms with Gasteiger partial charge < -0.3 is 19.7 Å². The number of carbonyl (C=O) groups is 2. The number of hydrogen-bond acceptors (Lipinski definition) is 5. The Morgan fingerprint density at radius 1 is 1.16 bits per heavy atom. The average Bonchev–Trinajstić information content (AvgIpc) is 3.12. The van der Waals surface area contributed by atoms with Crippen molar-refractivity contribution in [2.75, 3.05) is 19.7 Å². The molecular formula is C21H28F3N3O4. The molecule has 1 aliphatic carbocycles. The first-order valence-corrected chi connectivity index (χ1v) is 10.1. The lowest BCUT2D eigenvalue weighted by Gasteiger charge is -2.28. The standard InChI is InChI=1S/C21H28F3N3O4/c1-19(2,3)31-18(29)27-9-12-13(10-27)16(12)17(28)26-20(4,5)11-30-15-8-25-7-6-14(15)21(22,23)24/h6-8,12-13,16H,9-11H2,1-5H3,(H,26,28)/t12-,13+,16+. The van der Waals surface area contributed by atoms with Gasteiger partial charge in [-0.3, -0.25) is 9.78 Å². The first-order chi connectivity index (χ1) is 14.2. The van der Waals surface area contributed by atoms with Gasteiger partial charge in [0.05, 0.1) is 11.7 Å². The lowest BCUT2D eigenvalue weighted by atomic mass is 10.1. The topological polar surface area (TPSA) is 80.8 Å². The minimum atomic E-state index is -4.56. The maximum Gasteiger partial charge on any atom is 0.420 e. The molecule has 1 aromatic heterocycles. The predicted octanol–water partition coefficient (Wildman–Crippen LogP) is 3.49. The van der Waals surface area contributed by atoms with Crippen LogP contribution in [-0.4, -0.2) is 52.7 Å². The van der Waals surface area contributed by atoms with Crippen molar-refractivity contribution < 1.29 is 32.2 Å². The summed E-state index contributed by atoms with van der Waals surface area (Å²) in [4.78, 5) is 30.1. The van der Waals surface area contributed by atoms with Crippen molar-refractivity contribution in [3.8, 4) is 5.75 Å². The number of halogens is 3. The molecule has 3 atom stereocenters. The highest BCUT2D eigenvalue weighted by atomic mass is 19.4. The minimum Gasteiger partial charge on any atom is -0.489 e. The van der Waals surface area contributed by atoms with E-state index in [9.17, 15) is 22.8 Å². The van der Waals surface area contributed by atoms with E-state index in [1.165, 1.54) is 0 Å². The highest BCUT2D eigenvalue weighted by molar-refractivity contribution is 5.84. The fourth-order valence-electron chi connectivity index (χ4n) is 3.83. The van der Waals surface area contributed by atoms with E-state index in [1.54, 1.807) is 39.5 Å². The lowest BCUT2D eigenvalue weighted by Crippen LogP contribution is -2.49. The number of fused-ring (bicyclic) bond motifs is 1. The number of amides is 2. The Balaban J connectivity index is 1.51. The van der Waals surface area contributed by atoms with Gasteiger partial charge in [0.15, 0.2) is 0 Å². The number of pyridine rings is 1. The van der Waals surface area contributed by atoms with Gasteiger partial charge in [0.1, 0.15) is 23.5 Å². The second-order valence-corrected chi connectivity index (χ2v) is 9.77. The van der Waals surface area contributed by atoms with Crippen molar-refractivity contribution in [3.63, 3.8) is 0 Å². The molecule has 0 spiro atoms. The summed E-state index contributed by atoms with van der Waals surface area (Å²) >= 11 is 0. The van der Waals surface area contributed by atoms with Crippen molar-refractivity contribution in [2.24, 2.45) is 17.8 Å². The Bertz CT molecular complexity index is 839. The largest absolute Gasteiger partial charge is 0.489 e. The number of aromatic nitrogens is 1. The number of alkyl halides is 3. The second kappa shape index (κ2) is 7.87. The molecule has 2 aliphatic rings. The molecule has 1 N–H and O–H groups in total. The van der Waals surface area contributed by atoms with Gasteiger partial charge in [0, 0.05) is 25.2 Å². The van der Waals surface area contributed by atoms with E-state index in [0.717, 1.165) is 18.5 Å². The molecule has 2 heterocycles. The third-order valence-electron chi connectivity index (χ3n) is 5.29. The van der Waals surface area contributed by atoms with Crippen LogP contribution in [0.4, 0.5) is 18.0 Å². The zero-order chi connectivity index (χ0) is 23.2. The van der Waals surface area contributed by atoms with Gasteiger partial charge in [-0.05, 0) is 52.5 Å². The molecule has 7 nitrogen and oxygen atoms in total. The summed E-state index contributed by atoms with van der Waals surface area (Å²) in [6.07, 6.45) is -2.88. The maximum atomic E-state index is 13.1. The summed E-state index contributed by atoms with van der Waals surface area (Å²) in [7, 11) is 0. The Hall–Kier alpha value is -2.52. The number of hydrogen-bond donors (Lipinski definition) is 1. The van der Waals surface area contributed by atoms with Crippen LogP contribution in [0.15, 0.2) is 18.5 Å². The molecule has 10 heteroatoms. The Labute approximate surface area is 179 Å². The van der Waals surface area contributed by atoms with Crippen molar-refractivity contribution in [3.05, 3.63) is 24.0 Å². The van der Waals surface area contributed by atoms with Crippen LogP contribution in [0.2, 0.25) is 0 Å². The van der Waals surface area contributed by atoms with E-state index >= 15 is 0 Å². The summed E-state index contributed by atoms with van der Waals surface area (Å²) < 4.78 is 50.0. The number of nitrogens with zero attached hydrogens (tertiary/aromatic N) is 2. The van der Waals surface area contributed by atoms with E-state index in [0.29, 0.717) is 13.1 Å². The number of carbonyl (C=O) groups excluding carboxylic acids is 2. The quantitative estimate of drug-likeness (QED) is 0.754. The second-order valence-electron chi connectivity index (χ2n) is 9.77. The third-order valence-corrected chi connectivity index (χ3v) is 5.29. The molecule has 2 amide bonds. The molecule has 1 aromatic rings. The smallest absolute Gasteiger partial charge is 0.420 e. The summed E-state index contributed by atoms with van der Waals surface area (Å²) in [6.45, 7) is 9.51. The molecule has 0 aromatic carbocycles. The van der Waals surface area contributed by atoms with Crippen molar-refractivity contribution in [2.45, 2.75) is 51.9 Å². The third kappa shape index (κ3) is 5.59. The molecular weight excluding hydrogens is 415 g/mol. The first-order valence-electron chi connectivity index (χ1n) is 10.1. The predicted molar refractivity (Wildman–Crippen MR) is 105 cm³/mol. The van der Waals surface area contributed by atoms with E-state index in [-0.39, 0.29) is 42.1 Å². The van der Waals surface area contributed by atoms with Gasteiger partial charge in [-0.25, -0.2) is 4.79 Å². The number of piperidine rings is 1. The van der Waals surface area contributed by atoms with E-state index in [2.05, 4.69) is 10.3 Å². The zero-order valence-electron chi connectivity index (χ0n) is 18.2. The van der Waals surface area contributed by atoms with Crippen LogP contribution in [0.1, 0.15) is 40.2 Å². The monoisotopic (exact) mass is 443 g/mol. The molecule has 0 unspecified atom stereocenters. The number of ether oxygens (including phenoxy) is 2. The van der Waals surface area contributed by atoms with Crippen molar-refractivity contribution in [1.82, 2.24) is 15.2 Å². The first kappa shape index (κ1) is 23.1. The molecule has 2 fully saturated rings. The summed E-state index contributed by atoms with van der Waals surface area (Å²) in [6, 6.07) is 0.850. The number of rotatable bonds is 5. The van der Waals surface area contributed by atoms with E-state index < -0.39 is 22.9 Å². The summed E-state index contributed by atoms with van der Waals surface area (Å²) in [5.74, 6) is -0.649. The van der Waals surface area contributed by atoms with Crippen molar-refractivity contribution in [1.29, 1.82) is 0 Å². The van der Waals surface area contributed by atoms with Crippen LogP contribution < -0.4 is 10.1 Å². The lowest BCUT2D eigenvalue weighted by molar-refractivity contribution is -0.139. The summed E-state index contributed by atoms with van der Waals surface area (Å²) in [5, 5.41) is 2.86. The molecule has 3 rings (SSSR count). The van der Waals surface area contributed by atoms with Crippen LogP contribution in [0.5, 0.6) is 5.75 Å². The number of nitrogens with one attached hydrogen (secondary N) is 1. The molecule has 1 aliphatic heterocycles. The van der Waals surface area contributed by atoms with Crippen molar-refractivity contribution >= 4 is 12.0 Å². The maximum absolute atomic E-state index is 13.1. The zero-order valence-corrected chi connectivity index (χ0v) is 18.2. The fourth-order valence-corrected chi connectivity index (χ4v) is 3.83. The minimum absolute atomic E-state index is 0.0689. The molecule has 1 saturated carbocycles. The highest BCUT2D eigenvalue weighted by Crippen LogP contribution is 2.52. The molecule has 0 bridgehead atoms. The Morgan fingerprint density at radius 2 is 1.77 bits per heavy atom. The average molecular weight is 443 g/mol. The molecule has 172 valence electrons. The van der Waals surface area contributed by atoms with Crippen LogP contribution in [-0.2, 0) is 15.7 Å². The Kier molecular flexibility index (Phi) is 5.88. The molecule has 1 saturated heterocycles. The normalized spacial score (nSPS) is 23.2. The molecule has 0 radical (unpaired) electrons. The van der Waals surface area contributed by atoms with Gasteiger partial charge >= 0.3 is 12.3 Å². The fraction of sp³-hybridized carbons (Fsp3) is 0.667. The van der Waals surface area contributed by atoms with Gasteiger partial charge in [-0.15, -0.1) is 0 Å². The van der Waals surface area contributed by atoms with Gasteiger partial charge in [0.25, 0.3) is 0 Å². The SMILES string of the molecule is CC(C)(COc1cnccc1C(F)(F)F)NC(=O)[C@H]1[C@@H]2CN(C(=O)OC(C)(C)C)C[C@@H]21. The van der Waals surface area contributed by atoms with E-state index in [1.807, 2.05) is 0 Å². The highest BCUT2D eigenvalue weighted by Gasteiger charge is 2.61. The van der Waals surface area contributed by atoms with Gasteiger partial charge in [-0.2, -0.15) is 13.2 Å². The Morgan fingerprint density at radius 3 is 2.32 bits per heavy atom. The van der Waals surface area contributed by atoms with Crippen LogP contribution in [0, 0.1) is 17.8 Å². The van der Waals surface area contributed by atoms with Crippen LogP contribution in [0.25, 0.3) is 0 Å². The van der Waals surface area contributed by atoms with Crippen LogP contribution >= 0.6 is 0 Å². The summed E-state index contributed by atoms with van der Waals surface area (Å²) in [5.41, 5.74) is -2.38.